The third kappa shape index (κ3) is 3.62. The van der Waals surface area contributed by atoms with Crippen LogP contribution in [0.3, 0.4) is 0 Å². The molecule has 0 unspecified atom stereocenters. The van der Waals surface area contributed by atoms with Crippen LogP contribution < -0.4 is 5.32 Å². The van der Waals surface area contributed by atoms with Gasteiger partial charge in [-0.3, -0.25) is 0 Å². The van der Waals surface area contributed by atoms with Crippen LogP contribution >= 0.6 is 15.9 Å². The molecule has 1 N–H and O–H groups in total. The minimum Gasteiger partial charge on any atom is -0.379 e. The summed E-state index contributed by atoms with van der Waals surface area (Å²) in [6, 6.07) is 1.63. The summed E-state index contributed by atoms with van der Waals surface area (Å²) in [5, 5.41) is 2.86. The molecule has 1 aromatic rings. The first-order valence-electron chi connectivity index (χ1n) is 6.25. The number of nitrogens with one attached hydrogen (secondary N) is 1. The fourth-order valence-electron chi connectivity index (χ4n) is 2.45. The van der Waals surface area contributed by atoms with E-state index in [0.717, 1.165) is 12.1 Å². The van der Waals surface area contributed by atoms with Gasteiger partial charge in [-0.1, -0.05) is 0 Å². The monoisotopic (exact) mass is 357 g/mol. The van der Waals surface area contributed by atoms with Crippen molar-refractivity contribution in [2.75, 3.05) is 5.32 Å². The van der Waals surface area contributed by atoms with Crippen molar-refractivity contribution in [2.45, 2.75) is 37.9 Å². The summed E-state index contributed by atoms with van der Waals surface area (Å²) in [5.74, 6) is -2.74. The molecule has 1 aliphatic carbocycles. The van der Waals surface area contributed by atoms with E-state index in [-0.39, 0.29) is 29.0 Å². The van der Waals surface area contributed by atoms with Crippen LogP contribution in [0.25, 0.3) is 0 Å². The molecule has 0 amide bonds. The molecule has 7 heteroatoms. The Morgan fingerprint density at radius 3 is 2.15 bits per heavy atom. The molecule has 0 bridgehead atoms. The number of benzene rings is 1. The first kappa shape index (κ1) is 15.5. The molecular weight excluding hydrogens is 345 g/mol. The van der Waals surface area contributed by atoms with Crippen molar-refractivity contribution in [2.24, 2.45) is 5.92 Å². The largest absolute Gasteiger partial charge is 0.391 e. The fraction of sp³-hybridized carbons (Fsp3) is 0.538. The summed E-state index contributed by atoms with van der Waals surface area (Å²) in [7, 11) is 0. The van der Waals surface area contributed by atoms with Crippen molar-refractivity contribution in [3.63, 3.8) is 0 Å². The predicted molar refractivity (Wildman–Crippen MR) is 69.5 cm³/mol. The summed E-state index contributed by atoms with van der Waals surface area (Å²) in [5.41, 5.74) is 0.0989. The topological polar surface area (TPSA) is 12.0 Å². The van der Waals surface area contributed by atoms with Gasteiger partial charge in [0.1, 0.15) is 11.6 Å². The second-order valence-electron chi connectivity index (χ2n) is 4.98. The third-order valence-electron chi connectivity index (χ3n) is 3.55. The molecule has 1 aliphatic rings. The molecule has 2 rings (SSSR count). The molecule has 112 valence electrons. The maximum atomic E-state index is 13.6. The van der Waals surface area contributed by atoms with Crippen LogP contribution in [0.1, 0.15) is 25.7 Å². The lowest BCUT2D eigenvalue weighted by atomic mass is 9.85. The first-order valence-corrected chi connectivity index (χ1v) is 7.04. The van der Waals surface area contributed by atoms with Crippen molar-refractivity contribution in [3.05, 3.63) is 28.2 Å². The van der Waals surface area contributed by atoms with Crippen LogP contribution in [0, 0.1) is 17.6 Å². The third-order valence-corrected chi connectivity index (χ3v) is 4.17. The van der Waals surface area contributed by atoms with E-state index in [1.165, 1.54) is 0 Å². The molecule has 0 spiro atoms. The molecule has 20 heavy (non-hydrogen) atoms. The lowest BCUT2D eigenvalue weighted by Gasteiger charge is -2.31. The molecule has 1 aromatic carbocycles. The lowest BCUT2D eigenvalue weighted by Crippen LogP contribution is -2.33. The van der Waals surface area contributed by atoms with E-state index in [1.807, 2.05) is 0 Å². The molecule has 0 aromatic heterocycles. The van der Waals surface area contributed by atoms with Gasteiger partial charge in [-0.05, 0) is 47.7 Å². The minimum absolute atomic E-state index is 0.0294. The van der Waals surface area contributed by atoms with Crippen molar-refractivity contribution in [3.8, 4) is 0 Å². The zero-order valence-electron chi connectivity index (χ0n) is 10.4. The predicted octanol–water partition coefficient (Wildman–Crippen LogP) is 5.26. The van der Waals surface area contributed by atoms with Gasteiger partial charge in [-0.25, -0.2) is 8.78 Å². The van der Waals surface area contributed by atoms with Gasteiger partial charge in [0, 0.05) is 16.6 Å². The number of hydrogen-bond donors (Lipinski definition) is 1. The summed E-state index contributed by atoms with van der Waals surface area (Å²) in [6.07, 6.45) is -3.48. The van der Waals surface area contributed by atoms with E-state index in [1.54, 1.807) is 0 Å². The average Bonchev–Trinajstić information content (AvgIpc) is 2.33. The van der Waals surface area contributed by atoms with Gasteiger partial charge in [-0.2, -0.15) is 13.2 Å². The molecule has 1 nitrogen and oxygen atoms in total. The van der Waals surface area contributed by atoms with Gasteiger partial charge in [0.15, 0.2) is 0 Å². The second-order valence-corrected chi connectivity index (χ2v) is 5.83. The highest BCUT2D eigenvalue weighted by atomic mass is 79.9. The smallest absolute Gasteiger partial charge is 0.379 e. The Kier molecular flexibility index (Phi) is 4.56. The van der Waals surface area contributed by atoms with Crippen LogP contribution in [0.2, 0.25) is 0 Å². The Morgan fingerprint density at radius 1 is 1.05 bits per heavy atom. The first-order chi connectivity index (χ1) is 9.27. The molecule has 0 aliphatic heterocycles. The number of alkyl halides is 3. The summed E-state index contributed by atoms with van der Waals surface area (Å²) in [6.45, 7) is 0. The van der Waals surface area contributed by atoms with Crippen LogP contribution in [-0.4, -0.2) is 12.2 Å². The molecule has 0 heterocycles. The van der Waals surface area contributed by atoms with Gasteiger partial charge < -0.3 is 5.32 Å². The van der Waals surface area contributed by atoms with E-state index in [4.69, 9.17) is 0 Å². The summed E-state index contributed by atoms with van der Waals surface area (Å²) < 4.78 is 64.4. The maximum absolute atomic E-state index is 13.6. The van der Waals surface area contributed by atoms with Crippen LogP contribution in [0.15, 0.2) is 16.6 Å². The minimum atomic E-state index is -4.16. The van der Waals surface area contributed by atoms with Crippen LogP contribution in [0.5, 0.6) is 0 Å². The van der Waals surface area contributed by atoms with Crippen molar-refractivity contribution >= 4 is 21.6 Å². The number of anilines is 1. The van der Waals surface area contributed by atoms with E-state index in [9.17, 15) is 22.0 Å². The van der Waals surface area contributed by atoms with Gasteiger partial charge >= 0.3 is 6.18 Å². The quantitative estimate of drug-likeness (QED) is 0.711. The van der Waals surface area contributed by atoms with Crippen molar-refractivity contribution in [1.29, 1.82) is 0 Å². The number of halogens is 6. The maximum Gasteiger partial charge on any atom is 0.391 e. The van der Waals surface area contributed by atoms with Gasteiger partial charge in [0.05, 0.1) is 11.6 Å². The molecular formula is C13H13BrF5N. The molecule has 1 fully saturated rings. The van der Waals surface area contributed by atoms with Crippen molar-refractivity contribution in [1.82, 2.24) is 0 Å². The zero-order valence-corrected chi connectivity index (χ0v) is 12.0. The van der Waals surface area contributed by atoms with Crippen molar-refractivity contribution < 1.29 is 22.0 Å². The number of hydrogen-bond acceptors (Lipinski definition) is 1. The fourth-order valence-corrected chi connectivity index (χ4v) is 2.97. The SMILES string of the molecule is Fc1cc(F)c(NC2CCC(C(F)(F)F)CC2)c(Br)c1. The Hall–Kier alpha value is -0.850. The molecule has 0 atom stereocenters. The molecule has 0 saturated heterocycles. The Bertz CT molecular complexity index is 457. The number of rotatable bonds is 2. The van der Waals surface area contributed by atoms with Gasteiger partial charge in [0.25, 0.3) is 0 Å². The highest BCUT2D eigenvalue weighted by Crippen LogP contribution is 2.39. The van der Waals surface area contributed by atoms with Crippen LogP contribution in [0.4, 0.5) is 27.6 Å². The lowest BCUT2D eigenvalue weighted by molar-refractivity contribution is -0.182. The Balaban J connectivity index is 2.00. The highest BCUT2D eigenvalue weighted by molar-refractivity contribution is 9.10. The van der Waals surface area contributed by atoms with Crippen LogP contribution in [-0.2, 0) is 0 Å². The normalized spacial score (nSPS) is 23.7. The standard InChI is InChI=1S/C13H13BrF5N/c14-10-5-8(15)6-11(16)12(10)20-9-3-1-7(2-4-9)13(17,18)19/h5-7,9,20H,1-4H2. The molecule has 1 saturated carbocycles. The van der Waals surface area contributed by atoms with E-state index in [2.05, 4.69) is 21.2 Å². The van der Waals surface area contributed by atoms with Gasteiger partial charge in [0.2, 0.25) is 0 Å². The summed E-state index contributed by atoms with van der Waals surface area (Å²) in [4.78, 5) is 0. The molecule has 0 radical (unpaired) electrons. The van der Waals surface area contributed by atoms with E-state index < -0.39 is 23.7 Å². The Morgan fingerprint density at radius 2 is 1.65 bits per heavy atom. The zero-order chi connectivity index (χ0) is 14.9. The average molecular weight is 358 g/mol. The van der Waals surface area contributed by atoms with E-state index in [0.29, 0.717) is 12.8 Å². The Labute approximate surface area is 121 Å². The summed E-state index contributed by atoms with van der Waals surface area (Å²) >= 11 is 3.05. The highest BCUT2D eigenvalue weighted by Gasteiger charge is 2.41. The van der Waals surface area contributed by atoms with E-state index >= 15 is 0 Å². The second kappa shape index (κ2) is 5.87. The van der Waals surface area contributed by atoms with Gasteiger partial charge in [-0.15, -0.1) is 0 Å².